The maximum absolute atomic E-state index is 11.8. The lowest BCUT2D eigenvalue weighted by Crippen LogP contribution is -2.34. The summed E-state index contributed by atoms with van der Waals surface area (Å²) in [7, 11) is 0. The Bertz CT molecular complexity index is 746. The van der Waals surface area contributed by atoms with Crippen LogP contribution in [0.3, 0.4) is 0 Å². The molecular weight excluding hydrogens is 330 g/mol. The summed E-state index contributed by atoms with van der Waals surface area (Å²) in [5, 5.41) is 22.7. The van der Waals surface area contributed by atoms with Crippen LogP contribution in [0.1, 0.15) is 39.2 Å². The highest BCUT2D eigenvalue weighted by Gasteiger charge is 2.48. The van der Waals surface area contributed by atoms with Gasteiger partial charge in [0.2, 0.25) is 0 Å². The fourth-order valence-electron chi connectivity index (χ4n) is 2.40. The van der Waals surface area contributed by atoms with Crippen molar-refractivity contribution in [2.24, 2.45) is 0 Å². The highest BCUT2D eigenvalue weighted by atomic mass is 16.6. The van der Waals surface area contributed by atoms with Crippen LogP contribution in [0.2, 0.25) is 0 Å². The number of carboxylic acid groups (broad SMARTS) is 1. The van der Waals surface area contributed by atoms with E-state index >= 15 is 0 Å². The molecule has 9 heteroatoms. The number of aromatic nitrogens is 1. The Morgan fingerprint density at radius 2 is 2.08 bits per heavy atom. The molecular formula is C16H19N3O6. The zero-order valence-electron chi connectivity index (χ0n) is 14.1. The molecule has 1 aromatic heterocycles. The molecule has 0 saturated heterocycles. The van der Waals surface area contributed by atoms with E-state index in [-0.39, 0.29) is 11.5 Å². The number of hydrogen-bond donors (Lipinski definition) is 2. The van der Waals surface area contributed by atoms with Gasteiger partial charge in [-0.15, -0.1) is 0 Å². The number of nitrogens with zero attached hydrogens (tertiary/aromatic N) is 2. The number of allylic oxidation sites excluding steroid dienone is 1. The van der Waals surface area contributed by atoms with Crippen LogP contribution >= 0.6 is 0 Å². The predicted molar refractivity (Wildman–Crippen MR) is 86.9 cm³/mol. The second kappa shape index (κ2) is 6.50. The average molecular weight is 349 g/mol. The molecule has 1 amide bonds. The smallest absolute Gasteiger partial charge is 0.412 e. The van der Waals surface area contributed by atoms with Gasteiger partial charge in [-0.3, -0.25) is 5.32 Å². The molecule has 0 spiro atoms. The number of nitro groups is 1. The first-order chi connectivity index (χ1) is 11.5. The van der Waals surface area contributed by atoms with Gasteiger partial charge in [-0.2, -0.15) is 0 Å². The van der Waals surface area contributed by atoms with Crippen molar-refractivity contribution in [2.75, 3.05) is 0 Å². The van der Waals surface area contributed by atoms with Gasteiger partial charge in [-0.05, 0) is 61.7 Å². The lowest BCUT2D eigenvalue weighted by Gasteiger charge is -2.20. The highest BCUT2D eigenvalue weighted by molar-refractivity contribution is 5.91. The Morgan fingerprint density at radius 3 is 2.56 bits per heavy atom. The van der Waals surface area contributed by atoms with E-state index in [1.54, 1.807) is 32.9 Å². The topological polar surface area (TPSA) is 132 Å². The van der Waals surface area contributed by atoms with Gasteiger partial charge >= 0.3 is 17.9 Å². The predicted octanol–water partition coefficient (Wildman–Crippen LogP) is 2.51. The summed E-state index contributed by atoms with van der Waals surface area (Å²) in [6.45, 7) is 4.95. The monoisotopic (exact) mass is 349 g/mol. The summed E-state index contributed by atoms with van der Waals surface area (Å²) < 4.78 is 5.05. The number of aliphatic carboxylic acids is 1. The molecule has 0 radical (unpaired) electrons. The van der Waals surface area contributed by atoms with Crippen LogP contribution in [0, 0.1) is 10.1 Å². The van der Waals surface area contributed by atoms with Gasteiger partial charge in [0.05, 0.1) is 5.56 Å². The van der Waals surface area contributed by atoms with E-state index in [0.29, 0.717) is 18.4 Å². The fraction of sp³-hybridized carbons (Fsp3) is 0.438. The molecule has 1 aliphatic carbocycles. The van der Waals surface area contributed by atoms with E-state index in [0.717, 1.165) is 0 Å². The second-order valence-corrected chi connectivity index (χ2v) is 6.78. The van der Waals surface area contributed by atoms with Crippen molar-refractivity contribution in [3.8, 4) is 0 Å². The van der Waals surface area contributed by atoms with Crippen LogP contribution in [-0.2, 0) is 14.9 Å². The quantitative estimate of drug-likeness (QED) is 0.474. The maximum atomic E-state index is 11.8. The minimum absolute atomic E-state index is 0.321. The Labute approximate surface area is 143 Å². The lowest BCUT2D eigenvalue weighted by atomic mass is 9.95. The SMILES string of the molecule is CC(C)(C)OC(=O)N/C(=C\C1(c2cccnc2[N+](=O)[O-])CC1)C(=O)O. The number of rotatable bonds is 5. The minimum atomic E-state index is -1.36. The molecule has 25 heavy (non-hydrogen) atoms. The Morgan fingerprint density at radius 1 is 1.44 bits per heavy atom. The third-order valence-electron chi connectivity index (χ3n) is 3.57. The molecule has 0 atom stereocenters. The van der Waals surface area contributed by atoms with Crippen LogP contribution in [0.4, 0.5) is 10.6 Å². The summed E-state index contributed by atoms with van der Waals surface area (Å²) in [6, 6.07) is 3.10. The van der Waals surface area contributed by atoms with E-state index in [2.05, 4.69) is 10.3 Å². The number of alkyl carbamates (subject to hydrolysis) is 1. The molecule has 1 fully saturated rings. The molecule has 9 nitrogen and oxygen atoms in total. The van der Waals surface area contributed by atoms with Crippen molar-refractivity contribution in [3.05, 3.63) is 45.8 Å². The van der Waals surface area contributed by atoms with Crippen LogP contribution in [0.25, 0.3) is 0 Å². The molecule has 1 saturated carbocycles. The standard InChI is InChI=1S/C16H19N3O6/c1-15(2,3)25-14(22)18-11(13(20)21)9-16(6-7-16)10-5-4-8-17-12(10)19(23)24/h4-5,8-9H,6-7H2,1-3H3,(H,18,22)(H,20,21)/b11-9-. The van der Waals surface area contributed by atoms with Crippen LogP contribution in [0.15, 0.2) is 30.1 Å². The fourth-order valence-corrected chi connectivity index (χ4v) is 2.40. The molecule has 0 aromatic carbocycles. The summed E-state index contributed by atoms with van der Waals surface area (Å²) in [5.74, 6) is -1.68. The largest absolute Gasteiger partial charge is 0.477 e. The third-order valence-corrected chi connectivity index (χ3v) is 3.57. The molecule has 0 bridgehead atoms. The summed E-state index contributed by atoms with van der Waals surface area (Å²) in [4.78, 5) is 37.6. The van der Waals surface area contributed by atoms with Crippen LogP contribution in [-0.4, -0.2) is 32.7 Å². The molecule has 2 rings (SSSR count). The van der Waals surface area contributed by atoms with Crippen molar-refractivity contribution in [2.45, 2.75) is 44.6 Å². The maximum Gasteiger partial charge on any atom is 0.412 e. The first kappa shape index (κ1) is 18.4. The Kier molecular flexibility index (Phi) is 4.78. The van der Waals surface area contributed by atoms with Gasteiger partial charge in [-0.25, -0.2) is 9.59 Å². The van der Waals surface area contributed by atoms with Crippen molar-refractivity contribution in [3.63, 3.8) is 0 Å². The van der Waals surface area contributed by atoms with E-state index in [1.807, 2.05) is 0 Å². The van der Waals surface area contributed by atoms with Gasteiger partial charge in [0.25, 0.3) is 0 Å². The average Bonchev–Trinajstić information content (AvgIpc) is 3.25. The number of carbonyl (C=O) groups excluding carboxylic acids is 1. The van der Waals surface area contributed by atoms with Gasteiger partial charge in [0.1, 0.15) is 17.5 Å². The third kappa shape index (κ3) is 4.52. The van der Waals surface area contributed by atoms with E-state index in [1.165, 1.54) is 12.3 Å². The molecule has 2 N–H and O–H groups in total. The number of carboxylic acids is 1. The number of pyridine rings is 1. The first-order valence-corrected chi connectivity index (χ1v) is 7.60. The molecule has 0 unspecified atom stereocenters. The Balaban J connectivity index is 2.33. The van der Waals surface area contributed by atoms with E-state index in [9.17, 15) is 24.8 Å². The number of amides is 1. The van der Waals surface area contributed by atoms with Crippen LogP contribution < -0.4 is 5.32 Å². The zero-order valence-corrected chi connectivity index (χ0v) is 14.1. The molecule has 1 heterocycles. The number of nitrogens with one attached hydrogen (secondary N) is 1. The van der Waals surface area contributed by atoms with Gasteiger partial charge in [0.15, 0.2) is 0 Å². The highest BCUT2D eigenvalue weighted by Crippen LogP contribution is 2.52. The van der Waals surface area contributed by atoms with Crippen molar-refractivity contribution >= 4 is 17.9 Å². The number of hydrogen-bond acceptors (Lipinski definition) is 6. The number of ether oxygens (including phenoxy) is 1. The van der Waals surface area contributed by atoms with Crippen molar-refractivity contribution in [1.82, 2.24) is 10.3 Å². The summed E-state index contributed by atoms with van der Waals surface area (Å²) >= 11 is 0. The second-order valence-electron chi connectivity index (χ2n) is 6.78. The van der Waals surface area contributed by atoms with Crippen molar-refractivity contribution < 1.29 is 24.4 Å². The molecule has 1 aliphatic rings. The van der Waals surface area contributed by atoms with Crippen molar-refractivity contribution in [1.29, 1.82) is 0 Å². The van der Waals surface area contributed by atoms with Gasteiger partial charge < -0.3 is 20.0 Å². The summed E-state index contributed by atoms with van der Waals surface area (Å²) in [6.07, 6.45) is 2.76. The minimum Gasteiger partial charge on any atom is -0.477 e. The normalized spacial score (nSPS) is 16.0. The molecule has 134 valence electrons. The Hall–Kier alpha value is -2.97. The lowest BCUT2D eigenvalue weighted by molar-refractivity contribution is -0.390. The first-order valence-electron chi connectivity index (χ1n) is 7.60. The van der Waals surface area contributed by atoms with E-state index in [4.69, 9.17) is 4.74 Å². The molecule has 0 aliphatic heterocycles. The van der Waals surface area contributed by atoms with Gasteiger partial charge in [-0.1, -0.05) is 0 Å². The summed E-state index contributed by atoms with van der Waals surface area (Å²) in [5.41, 5.74) is -1.68. The van der Waals surface area contributed by atoms with E-state index < -0.39 is 28.0 Å². The number of carbonyl (C=O) groups is 2. The van der Waals surface area contributed by atoms with Crippen LogP contribution in [0.5, 0.6) is 0 Å². The van der Waals surface area contributed by atoms with Gasteiger partial charge in [0, 0.05) is 5.41 Å². The zero-order chi connectivity index (χ0) is 18.8. The molecule has 1 aromatic rings.